The molecule has 3 nitrogen and oxygen atoms in total. The van der Waals surface area contributed by atoms with E-state index in [1.807, 2.05) is 81.9 Å². The van der Waals surface area contributed by atoms with Gasteiger partial charge in [0.05, 0.1) is 22.1 Å². The highest BCUT2D eigenvalue weighted by Gasteiger charge is 2.21. The number of hydrogen-bond acceptors (Lipinski definition) is 1. The van der Waals surface area contributed by atoms with Gasteiger partial charge in [0.2, 0.25) is 0 Å². The maximum absolute atomic E-state index is 14.0. The first-order valence-corrected chi connectivity index (χ1v) is 9.36. The van der Waals surface area contributed by atoms with Crippen LogP contribution < -0.4 is 0 Å². The Kier molecular flexibility index (Phi) is 3.03. The van der Waals surface area contributed by atoms with Gasteiger partial charge >= 0.3 is 6.03 Å². The SMILES string of the molecule is O=C(n1c2ccccc2c2ccccc21)n1c2ccccc2c2ccccc21. The Morgan fingerprint density at radius 2 is 0.679 bits per heavy atom. The fourth-order valence-electron chi connectivity index (χ4n) is 4.36. The lowest BCUT2D eigenvalue weighted by atomic mass is 10.2. The van der Waals surface area contributed by atoms with Gasteiger partial charge in [0.25, 0.3) is 0 Å². The summed E-state index contributed by atoms with van der Waals surface area (Å²) in [7, 11) is 0. The highest BCUT2D eigenvalue weighted by Crippen LogP contribution is 2.32. The Morgan fingerprint density at radius 1 is 0.429 bits per heavy atom. The van der Waals surface area contributed by atoms with Gasteiger partial charge in [-0.25, -0.2) is 4.79 Å². The molecule has 0 aliphatic rings. The smallest absolute Gasteiger partial charge is 0.261 e. The zero-order valence-corrected chi connectivity index (χ0v) is 15.0. The predicted molar refractivity (Wildman–Crippen MR) is 115 cm³/mol. The van der Waals surface area contributed by atoms with E-state index in [2.05, 4.69) is 24.3 Å². The molecule has 28 heavy (non-hydrogen) atoms. The monoisotopic (exact) mass is 360 g/mol. The molecule has 0 bridgehead atoms. The molecular weight excluding hydrogens is 344 g/mol. The molecule has 0 fully saturated rings. The molecule has 0 saturated carbocycles. The number of hydrogen-bond donors (Lipinski definition) is 0. The van der Waals surface area contributed by atoms with E-state index in [9.17, 15) is 4.79 Å². The minimum Gasteiger partial charge on any atom is -0.261 e. The molecule has 0 radical (unpaired) electrons. The number of benzene rings is 4. The number of para-hydroxylation sites is 4. The lowest BCUT2D eigenvalue weighted by Gasteiger charge is -2.10. The molecule has 2 aromatic heterocycles. The number of carbonyl (C=O) groups excluding carboxylic acids is 1. The third-order valence-corrected chi connectivity index (χ3v) is 5.54. The van der Waals surface area contributed by atoms with Crippen LogP contribution in [0.5, 0.6) is 0 Å². The average Bonchev–Trinajstić information content (AvgIpc) is 3.27. The van der Waals surface area contributed by atoms with Crippen molar-refractivity contribution in [3.05, 3.63) is 97.1 Å². The van der Waals surface area contributed by atoms with Gasteiger partial charge in [-0.2, -0.15) is 0 Å². The van der Waals surface area contributed by atoms with Gasteiger partial charge in [-0.3, -0.25) is 9.13 Å². The molecule has 0 aliphatic carbocycles. The van der Waals surface area contributed by atoms with Gasteiger partial charge in [0.1, 0.15) is 0 Å². The summed E-state index contributed by atoms with van der Waals surface area (Å²) in [6, 6.07) is 32.3. The number of aromatic nitrogens is 2. The topological polar surface area (TPSA) is 26.9 Å². The van der Waals surface area contributed by atoms with E-state index < -0.39 is 0 Å². The summed E-state index contributed by atoms with van der Waals surface area (Å²) in [6.07, 6.45) is 0. The first-order valence-electron chi connectivity index (χ1n) is 9.36. The highest BCUT2D eigenvalue weighted by atomic mass is 16.2. The normalized spacial score (nSPS) is 11.7. The standard InChI is InChI=1S/C25H16N2O/c28-25(26-21-13-5-1-9-17(21)18-10-2-6-14-22(18)26)27-23-15-7-3-11-19(23)20-12-4-8-16-24(20)27/h1-16H. The van der Waals surface area contributed by atoms with Crippen molar-refractivity contribution in [3.63, 3.8) is 0 Å². The van der Waals surface area contributed by atoms with Crippen molar-refractivity contribution in [3.8, 4) is 0 Å². The van der Waals surface area contributed by atoms with Gasteiger partial charge in [-0.05, 0) is 24.3 Å². The van der Waals surface area contributed by atoms with Crippen molar-refractivity contribution in [2.45, 2.75) is 0 Å². The van der Waals surface area contributed by atoms with Crippen LogP contribution >= 0.6 is 0 Å². The van der Waals surface area contributed by atoms with Crippen LogP contribution in [0.3, 0.4) is 0 Å². The second kappa shape index (κ2) is 5.57. The van der Waals surface area contributed by atoms with Gasteiger partial charge in [-0.1, -0.05) is 72.8 Å². The average molecular weight is 360 g/mol. The molecular formula is C25H16N2O. The van der Waals surface area contributed by atoms with E-state index >= 15 is 0 Å². The van der Waals surface area contributed by atoms with Crippen LogP contribution in [0.4, 0.5) is 4.79 Å². The Morgan fingerprint density at radius 3 is 0.964 bits per heavy atom. The first-order chi connectivity index (χ1) is 13.8. The van der Waals surface area contributed by atoms with Gasteiger partial charge in [0.15, 0.2) is 0 Å². The molecule has 0 N–H and O–H groups in total. The Hall–Kier alpha value is -3.85. The van der Waals surface area contributed by atoms with Crippen molar-refractivity contribution in [1.29, 1.82) is 0 Å². The third kappa shape index (κ3) is 1.90. The second-order valence-electron chi connectivity index (χ2n) is 7.02. The van der Waals surface area contributed by atoms with E-state index in [1.54, 1.807) is 0 Å². The Labute approximate surface area is 161 Å². The zero-order chi connectivity index (χ0) is 18.7. The second-order valence-corrected chi connectivity index (χ2v) is 7.02. The van der Waals surface area contributed by atoms with Crippen LogP contribution in [0.25, 0.3) is 43.6 Å². The molecule has 132 valence electrons. The quantitative estimate of drug-likeness (QED) is 0.307. The lowest BCUT2D eigenvalue weighted by molar-refractivity contribution is 0.247. The zero-order valence-electron chi connectivity index (χ0n) is 15.0. The largest absolute Gasteiger partial charge is 0.338 e. The van der Waals surface area contributed by atoms with Crippen LogP contribution in [0.1, 0.15) is 0 Å². The summed E-state index contributed by atoms with van der Waals surface area (Å²) >= 11 is 0. The van der Waals surface area contributed by atoms with Crippen LogP contribution in [-0.4, -0.2) is 15.2 Å². The maximum atomic E-state index is 14.0. The molecule has 0 amide bonds. The van der Waals surface area contributed by atoms with Crippen molar-refractivity contribution >= 4 is 49.6 Å². The molecule has 2 heterocycles. The first kappa shape index (κ1) is 15.2. The predicted octanol–water partition coefficient (Wildman–Crippen LogP) is 6.42. The number of fused-ring (bicyclic) bond motifs is 6. The molecule has 0 saturated heterocycles. The van der Waals surface area contributed by atoms with Crippen LogP contribution in [0, 0.1) is 0 Å². The summed E-state index contributed by atoms with van der Waals surface area (Å²) in [5.41, 5.74) is 3.71. The van der Waals surface area contributed by atoms with Gasteiger partial charge < -0.3 is 0 Å². The van der Waals surface area contributed by atoms with Crippen molar-refractivity contribution in [2.24, 2.45) is 0 Å². The number of rotatable bonds is 0. The van der Waals surface area contributed by atoms with Crippen LogP contribution in [0.15, 0.2) is 97.1 Å². The van der Waals surface area contributed by atoms with Crippen molar-refractivity contribution < 1.29 is 4.79 Å². The van der Waals surface area contributed by atoms with E-state index in [1.165, 1.54) is 0 Å². The van der Waals surface area contributed by atoms with E-state index in [-0.39, 0.29) is 6.03 Å². The summed E-state index contributed by atoms with van der Waals surface area (Å²) in [6.45, 7) is 0. The Bertz CT molecular complexity index is 1310. The van der Waals surface area contributed by atoms with E-state index in [4.69, 9.17) is 0 Å². The molecule has 6 rings (SSSR count). The molecule has 0 spiro atoms. The van der Waals surface area contributed by atoms with Crippen molar-refractivity contribution in [2.75, 3.05) is 0 Å². The maximum Gasteiger partial charge on any atom is 0.338 e. The van der Waals surface area contributed by atoms with Crippen LogP contribution in [0.2, 0.25) is 0 Å². The molecule has 0 unspecified atom stereocenters. The van der Waals surface area contributed by atoms with E-state index in [0.29, 0.717) is 0 Å². The minimum atomic E-state index is -0.0604. The van der Waals surface area contributed by atoms with E-state index in [0.717, 1.165) is 43.6 Å². The minimum absolute atomic E-state index is 0.0604. The summed E-state index contributed by atoms with van der Waals surface area (Å²) < 4.78 is 3.67. The Balaban J connectivity index is 1.77. The lowest BCUT2D eigenvalue weighted by Crippen LogP contribution is -2.18. The molecule has 6 aromatic rings. The summed E-state index contributed by atoms with van der Waals surface area (Å²) in [5, 5.41) is 4.36. The fraction of sp³-hybridized carbons (Fsp3) is 0. The molecule has 0 atom stereocenters. The summed E-state index contributed by atoms with van der Waals surface area (Å²) in [4.78, 5) is 14.0. The van der Waals surface area contributed by atoms with Gasteiger partial charge in [-0.15, -0.1) is 0 Å². The fourth-order valence-corrected chi connectivity index (χ4v) is 4.36. The molecule has 4 aromatic carbocycles. The van der Waals surface area contributed by atoms with Crippen LogP contribution in [-0.2, 0) is 0 Å². The number of nitrogens with zero attached hydrogens (tertiary/aromatic N) is 2. The highest BCUT2D eigenvalue weighted by molar-refractivity contribution is 6.18. The third-order valence-electron chi connectivity index (χ3n) is 5.54. The molecule has 0 aliphatic heterocycles. The number of carbonyl (C=O) groups is 1. The summed E-state index contributed by atoms with van der Waals surface area (Å²) in [5.74, 6) is 0. The van der Waals surface area contributed by atoms with Crippen molar-refractivity contribution in [1.82, 2.24) is 9.13 Å². The van der Waals surface area contributed by atoms with Gasteiger partial charge in [0, 0.05) is 21.5 Å². The molecule has 3 heteroatoms.